The Balaban J connectivity index is 1.97. The van der Waals surface area contributed by atoms with Crippen molar-refractivity contribution in [3.63, 3.8) is 0 Å². The minimum absolute atomic E-state index is 0.259. The number of aliphatic hydroxyl groups excluding tert-OH is 1. The van der Waals surface area contributed by atoms with E-state index < -0.39 is 0 Å². The van der Waals surface area contributed by atoms with E-state index in [9.17, 15) is 0 Å². The van der Waals surface area contributed by atoms with Crippen LogP contribution in [0.5, 0.6) is 0 Å². The first kappa shape index (κ1) is 12.4. The largest absolute Gasteiger partial charge is 0.396 e. The number of rotatable bonds is 6. The molecule has 2 rings (SSSR count). The molecule has 0 saturated heterocycles. The van der Waals surface area contributed by atoms with Gasteiger partial charge in [0, 0.05) is 29.7 Å². The topological polar surface area (TPSA) is 48.0 Å². The van der Waals surface area contributed by atoms with E-state index in [0.717, 1.165) is 47.6 Å². The molecule has 1 aromatic heterocycles. The SMILES string of the molecule is OCCCCNCc1[nH]c2ccccc2c1Cl. The van der Waals surface area contributed by atoms with Crippen molar-refractivity contribution < 1.29 is 5.11 Å². The number of aliphatic hydroxyl groups is 1. The van der Waals surface area contributed by atoms with Crippen LogP contribution in [0.4, 0.5) is 0 Å². The lowest BCUT2D eigenvalue weighted by Gasteiger charge is -2.02. The van der Waals surface area contributed by atoms with Gasteiger partial charge in [-0.2, -0.15) is 0 Å². The van der Waals surface area contributed by atoms with E-state index in [-0.39, 0.29) is 6.61 Å². The van der Waals surface area contributed by atoms with Crippen LogP contribution >= 0.6 is 11.6 Å². The van der Waals surface area contributed by atoms with Crippen molar-refractivity contribution in [3.05, 3.63) is 35.0 Å². The van der Waals surface area contributed by atoms with Gasteiger partial charge in [-0.3, -0.25) is 0 Å². The average Bonchev–Trinajstić information content (AvgIpc) is 2.67. The van der Waals surface area contributed by atoms with Gasteiger partial charge in [-0.05, 0) is 25.5 Å². The average molecular weight is 253 g/mol. The summed E-state index contributed by atoms with van der Waals surface area (Å²) in [4.78, 5) is 3.31. The zero-order chi connectivity index (χ0) is 12.1. The van der Waals surface area contributed by atoms with Crippen LogP contribution in [0.3, 0.4) is 0 Å². The maximum atomic E-state index is 8.67. The predicted molar refractivity (Wildman–Crippen MR) is 71.3 cm³/mol. The normalized spacial score (nSPS) is 11.2. The predicted octanol–water partition coefficient (Wildman–Crippen LogP) is 2.68. The molecule has 0 fully saturated rings. The number of H-pyrrole nitrogens is 1. The zero-order valence-electron chi connectivity index (χ0n) is 9.67. The molecule has 92 valence electrons. The molecule has 2 aromatic rings. The number of halogens is 1. The van der Waals surface area contributed by atoms with Crippen molar-refractivity contribution in [3.8, 4) is 0 Å². The summed E-state index contributed by atoms with van der Waals surface area (Å²) in [6.45, 7) is 1.89. The van der Waals surface area contributed by atoms with Gasteiger partial charge >= 0.3 is 0 Å². The van der Waals surface area contributed by atoms with Crippen LogP contribution in [0.1, 0.15) is 18.5 Å². The van der Waals surface area contributed by atoms with Crippen molar-refractivity contribution in [1.29, 1.82) is 0 Å². The number of benzene rings is 1. The lowest BCUT2D eigenvalue weighted by Crippen LogP contribution is -2.15. The van der Waals surface area contributed by atoms with E-state index >= 15 is 0 Å². The number of hydrogen-bond acceptors (Lipinski definition) is 2. The van der Waals surface area contributed by atoms with Gasteiger partial charge in [0.15, 0.2) is 0 Å². The van der Waals surface area contributed by atoms with Crippen LogP contribution < -0.4 is 5.32 Å². The molecule has 1 heterocycles. The third-order valence-corrected chi connectivity index (χ3v) is 3.21. The van der Waals surface area contributed by atoms with Crippen LogP contribution in [-0.2, 0) is 6.54 Å². The van der Waals surface area contributed by atoms with Gasteiger partial charge in [0.05, 0.1) is 5.02 Å². The van der Waals surface area contributed by atoms with Crippen molar-refractivity contribution >= 4 is 22.5 Å². The second kappa shape index (κ2) is 6.05. The molecule has 0 spiro atoms. The Bertz CT molecular complexity index is 481. The van der Waals surface area contributed by atoms with Crippen molar-refractivity contribution in [1.82, 2.24) is 10.3 Å². The van der Waals surface area contributed by atoms with Gasteiger partial charge in [-0.15, -0.1) is 0 Å². The number of para-hydroxylation sites is 1. The monoisotopic (exact) mass is 252 g/mol. The van der Waals surface area contributed by atoms with E-state index in [1.165, 1.54) is 0 Å². The molecule has 0 amide bonds. The summed E-state index contributed by atoms with van der Waals surface area (Å²) in [7, 11) is 0. The van der Waals surface area contributed by atoms with Crippen molar-refractivity contribution in [2.75, 3.05) is 13.2 Å². The first-order valence-electron chi connectivity index (χ1n) is 5.89. The van der Waals surface area contributed by atoms with Gasteiger partial charge in [-0.25, -0.2) is 0 Å². The molecule has 0 bridgehead atoms. The van der Waals surface area contributed by atoms with Crippen LogP contribution in [0.15, 0.2) is 24.3 Å². The molecule has 0 aliphatic carbocycles. The second-order valence-corrected chi connectivity index (χ2v) is 4.45. The fourth-order valence-electron chi connectivity index (χ4n) is 1.86. The van der Waals surface area contributed by atoms with Gasteiger partial charge in [0.25, 0.3) is 0 Å². The van der Waals surface area contributed by atoms with Gasteiger partial charge in [0.1, 0.15) is 0 Å². The van der Waals surface area contributed by atoms with Crippen LogP contribution in [0.25, 0.3) is 10.9 Å². The summed E-state index contributed by atoms with van der Waals surface area (Å²) in [5.74, 6) is 0. The number of nitrogens with one attached hydrogen (secondary N) is 2. The molecule has 4 heteroatoms. The van der Waals surface area contributed by atoms with E-state index in [4.69, 9.17) is 16.7 Å². The molecule has 0 aliphatic rings. The van der Waals surface area contributed by atoms with Crippen LogP contribution in [-0.4, -0.2) is 23.2 Å². The summed E-state index contributed by atoms with van der Waals surface area (Å²) in [6.07, 6.45) is 1.82. The Kier molecular flexibility index (Phi) is 4.42. The van der Waals surface area contributed by atoms with E-state index in [1.54, 1.807) is 0 Å². The van der Waals surface area contributed by atoms with Crippen LogP contribution in [0.2, 0.25) is 5.02 Å². The summed E-state index contributed by atoms with van der Waals surface area (Å²) in [6, 6.07) is 8.02. The fraction of sp³-hybridized carbons (Fsp3) is 0.385. The molecule has 3 N–H and O–H groups in total. The molecule has 1 aromatic carbocycles. The molecule has 17 heavy (non-hydrogen) atoms. The number of unbranched alkanes of at least 4 members (excludes halogenated alkanes) is 1. The minimum Gasteiger partial charge on any atom is -0.396 e. The van der Waals surface area contributed by atoms with E-state index in [0.29, 0.717) is 0 Å². The Morgan fingerprint density at radius 3 is 2.82 bits per heavy atom. The maximum Gasteiger partial charge on any atom is 0.0705 e. The third kappa shape index (κ3) is 3.00. The Hall–Kier alpha value is -1.03. The summed E-state index contributed by atoms with van der Waals surface area (Å²) in [5.41, 5.74) is 2.10. The number of hydrogen-bond donors (Lipinski definition) is 3. The highest BCUT2D eigenvalue weighted by Gasteiger charge is 2.07. The van der Waals surface area contributed by atoms with Crippen molar-refractivity contribution in [2.24, 2.45) is 0 Å². The summed E-state index contributed by atoms with van der Waals surface area (Å²) in [5, 5.41) is 13.9. The quantitative estimate of drug-likeness (QED) is 0.693. The lowest BCUT2D eigenvalue weighted by molar-refractivity contribution is 0.283. The highest BCUT2D eigenvalue weighted by Crippen LogP contribution is 2.26. The maximum absolute atomic E-state index is 8.67. The molecule has 0 radical (unpaired) electrons. The molecule has 0 aliphatic heterocycles. The van der Waals surface area contributed by atoms with E-state index in [2.05, 4.69) is 10.3 Å². The lowest BCUT2D eigenvalue weighted by atomic mass is 10.2. The molecule has 0 unspecified atom stereocenters. The van der Waals surface area contributed by atoms with Crippen molar-refractivity contribution in [2.45, 2.75) is 19.4 Å². The Morgan fingerprint density at radius 2 is 2.06 bits per heavy atom. The zero-order valence-corrected chi connectivity index (χ0v) is 10.4. The third-order valence-electron chi connectivity index (χ3n) is 2.78. The molecular formula is C13H17ClN2O. The van der Waals surface area contributed by atoms with Gasteiger partial charge < -0.3 is 15.4 Å². The second-order valence-electron chi connectivity index (χ2n) is 4.07. The fourth-order valence-corrected chi connectivity index (χ4v) is 2.14. The first-order valence-corrected chi connectivity index (χ1v) is 6.27. The summed E-state index contributed by atoms with van der Waals surface area (Å²) < 4.78 is 0. The minimum atomic E-state index is 0.259. The summed E-state index contributed by atoms with van der Waals surface area (Å²) >= 11 is 6.29. The number of aromatic nitrogens is 1. The molecule has 3 nitrogen and oxygen atoms in total. The highest BCUT2D eigenvalue weighted by molar-refractivity contribution is 6.36. The number of fused-ring (bicyclic) bond motifs is 1. The van der Waals surface area contributed by atoms with Gasteiger partial charge in [0.2, 0.25) is 0 Å². The Labute approximate surface area is 106 Å². The Morgan fingerprint density at radius 1 is 1.24 bits per heavy atom. The molecule has 0 atom stereocenters. The standard InChI is InChI=1S/C13H17ClN2O/c14-13-10-5-1-2-6-11(10)16-12(13)9-15-7-3-4-8-17/h1-2,5-6,15-17H,3-4,7-9H2. The van der Waals surface area contributed by atoms with E-state index in [1.807, 2.05) is 24.3 Å². The van der Waals surface area contributed by atoms with Crippen LogP contribution in [0, 0.1) is 0 Å². The number of aromatic amines is 1. The highest BCUT2D eigenvalue weighted by atomic mass is 35.5. The molecule has 0 saturated carbocycles. The van der Waals surface area contributed by atoms with Gasteiger partial charge in [-0.1, -0.05) is 29.8 Å². The first-order chi connectivity index (χ1) is 8.33. The smallest absolute Gasteiger partial charge is 0.0705 e. The molecular weight excluding hydrogens is 236 g/mol.